The number of anilines is 1. The van der Waals surface area contributed by atoms with Crippen LogP contribution in [0.25, 0.3) is 0 Å². The molecule has 5 nitrogen and oxygen atoms in total. The van der Waals surface area contributed by atoms with Gasteiger partial charge in [-0.2, -0.15) is 0 Å². The number of rotatable bonds is 3. The largest absolute Gasteiger partial charge is 0.398 e. The maximum atomic E-state index is 12.5. The molecule has 1 amide bonds. The summed E-state index contributed by atoms with van der Waals surface area (Å²) in [5.74, 6) is -0.0232. The quantitative estimate of drug-likeness (QED) is 0.935. The van der Waals surface area contributed by atoms with E-state index in [9.17, 15) is 4.79 Å². The van der Waals surface area contributed by atoms with Crippen LogP contribution in [0.15, 0.2) is 48.8 Å². The molecule has 2 heterocycles. The first-order chi connectivity index (χ1) is 10.7. The maximum absolute atomic E-state index is 12.5. The van der Waals surface area contributed by atoms with E-state index in [1.54, 1.807) is 18.5 Å². The fraction of sp³-hybridized carbons (Fsp3) is 0.294. The van der Waals surface area contributed by atoms with Gasteiger partial charge in [-0.25, -0.2) is 0 Å². The molecule has 0 atom stereocenters. The van der Waals surface area contributed by atoms with E-state index in [0.29, 0.717) is 11.3 Å². The molecule has 1 aromatic carbocycles. The number of carbonyl (C=O) groups is 1. The van der Waals surface area contributed by atoms with Crippen LogP contribution < -0.4 is 5.73 Å². The fourth-order valence-electron chi connectivity index (χ4n) is 2.70. The fourth-order valence-corrected chi connectivity index (χ4v) is 2.70. The van der Waals surface area contributed by atoms with Crippen LogP contribution in [-0.4, -0.2) is 46.9 Å². The normalized spacial score (nSPS) is 15.7. The molecule has 0 saturated carbocycles. The summed E-state index contributed by atoms with van der Waals surface area (Å²) in [6.45, 7) is 4.12. The maximum Gasteiger partial charge on any atom is 0.257 e. The van der Waals surface area contributed by atoms with E-state index in [1.165, 1.54) is 5.56 Å². The second-order valence-corrected chi connectivity index (χ2v) is 5.52. The molecule has 5 heteroatoms. The van der Waals surface area contributed by atoms with E-state index in [2.05, 4.69) is 34.1 Å². The van der Waals surface area contributed by atoms with E-state index in [1.807, 2.05) is 11.0 Å². The number of nitrogens with two attached hydrogens (primary N) is 1. The minimum Gasteiger partial charge on any atom is -0.398 e. The van der Waals surface area contributed by atoms with Gasteiger partial charge in [-0.05, 0) is 11.6 Å². The zero-order chi connectivity index (χ0) is 15.4. The Kier molecular flexibility index (Phi) is 4.34. The van der Waals surface area contributed by atoms with Crippen molar-refractivity contribution in [2.24, 2.45) is 0 Å². The van der Waals surface area contributed by atoms with Gasteiger partial charge < -0.3 is 10.6 Å². The molecule has 1 saturated heterocycles. The highest BCUT2D eigenvalue weighted by molar-refractivity contribution is 5.98. The lowest BCUT2D eigenvalue weighted by atomic mass is 10.1. The van der Waals surface area contributed by atoms with Crippen molar-refractivity contribution in [2.45, 2.75) is 6.54 Å². The molecule has 0 unspecified atom stereocenters. The second-order valence-electron chi connectivity index (χ2n) is 5.52. The number of nitrogens with zero attached hydrogens (tertiary/aromatic N) is 3. The number of benzene rings is 1. The van der Waals surface area contributed by atoms with Crippen LogP contribution >= 0.6 is 0 Å². The van der Waals surface area contributed by atoms with Crippen LogP contribution in [-0.2, 0) is 6.54 Å². The third kappa shape index (κ3) is 3.26. The third-order valence-corrected chi connectivity index (χ3v) is 3.99. The Morgan fingerprint density at radius 2 is 1.82 bits per heavy atom. The molecule has 2 N–H and O–H groups in total. The van der Waals surface area contributed by atoms with Crippen LogP contribution in [0.1, 0.15) is 15.9 Å². The highest BCUT2D eigenvalue weighted by atomic mass is 16.2. The number of nitrogen functional groups attached to an aromatic ring is 1. The lowest BCUT2D eigenvalue weighted by Gasteiger charge is -2.34. The van der Waals surface area contributed by atoms with Gasteiger partial charge in [0.05, 0.1) is 5.56 Å². The summed E-state index contributed by atoms with van der Waals surface area (Å²) in [6, 6.07) is 12.1. The van der Waals surface area contributed by atoms with E-state index in [-0.39, 0.29) is 5.91 Å². The molecular formula is C17H20N4O. The number of piperazine rings is 1. The highest BCUT2D eigenvalue weighted by Gasteiger charge is 2.23. The number of amides is 1. The molecule has 3 rings (SSSR count). The minimum absolute atomic E-state index is 0.0232. The van der Waals surface area contributed by atoms with Crippen molar-refractivity contribution >= 4 is 11.6 Å². The van der Waals surface area contributed by atoms with Crippen molar-refractivity contribution < 1.29 is 4.79 Å². The molecule has 0 bridgehead atoms. The predicted octanol–water partition coefficient (Wildman–Crippen LogP) is 1.62. The highest BCUT2D eigenvalue weighted by Crippen LogP contribution is 2.15. The Morgan fingerprint density at radius 1 is 1.09 bits per heavy atom. The Balaban J connectivity index is 1.58. The number of pyridine rings is 1. The molecule has 114 valence electrons. The van der Waals surface area contributed by atoms with Crippen LogP contribution in [0.2, 0.25) is 0 Å². The van der Waals surface area contributed by atoms with E-state index in [4.69, 9.17) is 5.73 Å². The zero-order valence-corrected chi connectivity index (χ0v) is 12.5. The summed E-state index contributed by atoms with van der Waals surface area (Å²) in [4.78, 5) is 20.7. The van der Waals surface area contributed by atoms with Gasteiger partial charge >= 0.3 is 0 Å². The predicted molar refractivity (Wildman–Crippen MR) is 86.3 cm³/mol. The van der Waals surface area contributed by atoms with Crippen LogP contribution in [0.5, 0.6) is 0 Å². The van der Waals surface area contributed by atoms with Crippen LogP contribution in [0.4, 0.5) is 5.69 Å². The standard InChI is InChI=1S/C17H20N4O/c18-16-6-7-19-12-15(16)17(22)21-10-8-20(9-11-21)13-14-4-2-1-3-5-14/h1-7,12H,8-11,13H2,(H2,18,19). The first-order valence-electron chi connectivity index (χ1n) is 7.49. The van der Waals surface area contributed by atoms with Gasteiger partial charge in [0.15, 0.2) is 0 Å². The first kappa shape index (κ1) is 14.5. The smallest absolute Gasteiger partial charge is 0.257 e. The van der Waals surface area contributed by atoms with Crippen molar-refractivity contribution in [1.29, 1.82) is 0 Å². The summed E-state index contributed by atoms with van der Waals surface area (Å²) in [6.07, 6.45) is 3.15. The Hall–Kier alpha value is -2.40. The molecule has 2 aromatic rings. The molecule has 0 radical (unpaired) electrons. The van der Waals surface area contributed by atoms with Crippen molar-refractivity contribution in [3.63, 3.8) is 0 Å². The molecule has 1 aliphatic rings. The number of carbonyl (C=O) groups excluding carboxylic acids is 1. The summed E-state index contributed by atoms with van der Waals surface area (Å²) < 4.78 is 0. The lowest BCUT2D eigenvalue weighted by molar-refractivity contribution is 0.0629. The van der Waals surface area contributed by atoms with E-state index in [0.717, 1.165) is 32.7 Å². The summed E-state index contributed by atoms with van der Waals surface area (Å²) >= 11 is 0. The molecule has 0 aliphatic carbocycles. The van der Waals surface area contributed by atoms with Crippen LogP contribution in [0, 0.1) is 0 Å². The van der Waals surface area contributed by atoms with Gasteiger partial charge in [-0.15, -0.1) is 0 Å². The average molecular weight is 296 g/mol. The summed E-state index contributed by atoms with van der Waals surface area (Å²) in [5.41, 5.74) is 8.16. The number of hydrogen-bond donors (Lipinski definition) is 1. The molecule has 1 aromatic heterocycles. The van der Waals surface area contributed by atoms with Gasteiger partial charge in [-0.1, -0.05) is 30.3 Å². The Bertz CT molecular complexity index is 636. The minimum atomic E-state index is -0.0232. The van der Waals surface area contributed by atoms with E-state index >= 15 is 0 Å². The molecule has 22 heavy (non-hydrogen) atoms. The van der Waals surface area contributed by atoms with Crippen molar-refractivity contribution in [3.8, 4) is 0 Å². The lowest BCUT2D eigenvalue weighted by Crippen LogP contribution is -2.48. The monoisotopic (exact) mass is 296 g/mol. The molecular weight excluding hydrogens is 276 g/mol. The summed E-state index contributed by atoms with van der Waals surface area (Å²) in [7, 11) is 0. The van der Waals surface area contributed by atoms with E-state index < -0.39 is 0 Å². The summed E-state index contributed by atoms with van der Waals surface area (Å²) in [5, 5.41) is 0. The van der Waals surface area contributed by atoms with Gasteiger partial charge in [0, 0.05) is 50.8 Å². The van der Waals surface area contributed by atoms with Crippen molar-refractivity contribution in [3.05, 3.63) is 59.9 Å². The number of aromatic nitrogens is 1. The third-order valence-electron chi connectivity index (χ3n) is 3.99. The number of hydrogen-bond acceptors (Lipinski definition) is 4. The van der Waals surface area contributed by atoms with Gasteiger partial charge in [0.2, 0.25) is 0 Å². The molecule has 1 aliphatic heterocycles. The Morgan fingerprint density at radius 3 is 2.50 bits per heavy atom. The van der Waals surface area contributed by atoms with Crippen LogP contribution in [0.3, 0.4) is 0 Å². The topological polar surface area (TPSA) is 62.5 Å². The molecule has 0 spiro atoms. The Labute approximate surface area is 130 Å². The van der Waals surface area contributed by atoms with Gasteiger partial charge in [0.1, 0.15) is 0 Å². The average Bonchev–Trinajstić information content (AvgIpc) is 2.56. The zero-order valence-electron chi connectivity index (χ0n) is 12.5. The van der Waals surface area contributed by atoms with Gasteiger partial charge in [0.25, 0.3) is 5.91 Å². The van der Waals surface area contributed by atoms with Gasteiger partial charge in [-0.3, -0.25) is 14.7 Å². The SMILES string of the molecule is Nc1ccncc1C(=O)N1CCN(Cc2ccccc2)CC1. The van der Waals surface area contributed by atoms with Crippen molar-refractivity contribution in [2.75, 3.05) is 31.9 Å². The van der Waals surface area contributed by atoms with Crippen molar-refractivity contribution in [1.82, 2.24) is 14.8 Å². The first-order valence-corrected chi connectivity index (χ1v) is 7.49. The second kappa shape index (κ2) is 6.58. The molecule has 1 fully saturated rings.